The summed E-state index contributed by atoms with van der Waals surface area (Å²) in [7, 11) is -2.83. The zero-order chi connectivity index (χ0) is 24.0. The minimum atomic E-state index is -2.83. The maximum Gasteiger partial charge on any atom is 0.229 e. The molecule has 0 aliphatic carbocycles. The second kappa shape index (κ2) is 10.3. The Morgan fingerprint density at radius 2 is 1.88 bits per heavy atom. The van der Waals surface area contributed by atoms with E-state index in [1.165, 1.54) is 0 Å². The smallest absolute Gasteiger partial charge is 0.229 e. The molecule has 0 radical (unpaired) electrons. The van der Waals surface area contributed by atoms with Crippen LogP contribution in [0.25, 0.3) is 11.1 Å². The summed E-state index contributed by atoms with van der Waals surface area (Å²) in [5.41, 5.74) is 3.32. The first-order valence-electron chi connectivity index (χ1n) is 10.7. The van der Waals surface area contributed by atoms with E-state index < -0.39 is 9.71 Å². The van der Waals surface area contributed by atoms with E-state index in [4.69, 9.17) is 14.9 Å². The van der Waals surface area contributed by atoms with Gasteiger partial charge < -0.3 is 15.4 Å². The Kier molecular flexibility index (Phi) is 7.05. The van der Waals surface area contributed by atoms with Gasteiger partial charge in [-0.1, -0.05) is 24.3 Å². The van der Waals surface area contributed by atoms with Crippen LogP contribution in [-0.2, 0) is 16.3 Å². The first-order valence-corrected chi connectivity index (χ1v) is 12.5. The summed E-state index contributed by atoms with van der Waals surface area (Å²) in [6.07, 6.45) is 3.51. The van der Waals surface area contributed by atoms with Gasteiger partial charge in [-0.3, -0.25) is 10.1 Å². The lowest BCUT2D eigenvalue weighted by Crippen LogP contribution is -2.12. The number of rotatable bonds is 9. The van der Waals surface area contributed by atoms with Gasteiger partial charge in [0.2, 0.25) is 5.95 Å². The van der Waals surface area contributed by atoms with E-state index in [2.05, 4.69) is 26.5 Å². The van der Waals surface area contributed by atoms with Gasteiger partial charge in [-0.15, -0.1) is 0 Å². The molecule has 2 aromatic carbocycles. The van der Waals surface area contributed by atoms with Crippen molar-refractivity contribution in [3.8, 4) is 16.9 Å². The average molecular weight is 475 g/mol. The Hall–Kier alpha value is -3.95. The lowest BCUT2D eigenvalue weighted by atomic mass is 10.1. The average Bonchev–Trinajstić information content (AvgIpc) is 2.84. The molecule has 1 unspecified atom stereocenters. The molecular weight excluding hydrogens is 448 g/mol. The summed E-state index contributed by atoms with van der Waals surface area (Å²) in [6, 6.07) is 20.5. The van der Waals surface area contributed by atoms with Crippen LogP contribution in [0.2, 0.25) is 0 Å². The fourth-order valence-corrected chi connectivity index (χ4v) is 3.92. The molecule has 2 aromatic heterocycles. The number of benzene rings is 2. The molecule has 0 saturated heterocycles. The number of ether oxygens (including phenoxy) is 1. The number of nitrogens with zero attached hydrogens (tertiary/aromatic N) is 3. The first kappa shape index (κ1) is 23.2. The van der Waals surface area contributed by atoms with Crippen molar-refractivity contribution in [2.24, 2.45) is 5.14 Å². The third-order valence-electron chi connectivity index (χ3n) is 4.92. The van der Waals surface area contributed by atoms with Gasteiger partial charge in [0, 0.05) is 28.5 Å². The van der Waals surface area contributed by atoms with Crippen molar-refractivity contribution < 1.29 is 8.95 Å². The minimum absolute atomic E-state index is 0.378. The topological polar surface area (TPSA) is 115 Å². The van der Waals surface area contributed by atoms with E-state index in [0.29, 0.717) is 35.5 Å². The van der Waals surface area contributed by atoms with E-state index in [9.17, 15) is 4.21 Å². The molecule has 174 valence electrons. The predicted octanol–water partition coefficient (Wildman–Crippen LogP) is 4.24. The summed E-state index contributed by atoms with van der Waals surface area (Å²) < 4.78 is 17.7. The maximum atomic E-state index is 12.1. The van der Waals surface area contributed by atoms with Crippen LogP contribution in [-0.4, -0.2) is 31.6 Å². The van der Waals surface area contributed by atoms with Gasteiger partial charge >= 0.3 is 0 Å². The summed E-state index contributed by atoms with van der Waals surface area (Å²) in [5, 5.41) is 12.2. The van der Waals surface area contributed by atoms with E-state index in [1.54, 1.807) is 30.6 Å². The highest BCUT2D eigenvalue weighted by atomic mass is 32.2. The Morgan fingerprint density at radius 1 is 1.06 bits per heavy atom. The molecular formula is C25H26N6O2S. The molecule has 0 amide bonds. The normalized spacial score (nSPS) is 12.5. The number of aromatic nitrogens is 3. The molecule has 2 heterocycles. The molecule has 8 nitrogen and oxygen atoms in total. The third-order valence-corrected chi connectivity index (χ3v) is 5.97. The molecule has 1 atom stereocenters. The van der Waals surface area contributed by atoms with E-state index in [0.717, 1.165) is 22.6 Å². The van der Waals surface area contributed by atoms with Gasteiger partial charge in [-0.05, 0) is 60.8 Å². The maximum absolute atomic E-state index is 12.1. The van der Waals surface area contributed by atoms with Gasteiger partial charge in [0.15, 0.2) is 0 Å². The lowest BCUT2D eigenvalue weighted by molar-refractivity contribution is 0.340. The Bertz CT molecular complexity index is 1360. The Labute approximate surface area is 199 Å². The van der Waals surface area contributed by atoms with Crippen LogP contribution in [0.15, 0.2) is 84.0 Å². The summed E-state index contributed by atoms with van der Waals surface area (Å²) in [6.45, 7) is 3.05. The van der Waals surface area contributed by atoms with Gasteiger partial charge in [0.1, 0.15) is 11.6 Å². The zero-order valence-electron chi connectivity index (χ0n) is 18.8. The van der Waals surface area contributed by atoms with Crippen LogP contribution < -0.4 is 20.5 Å². The highest BCUT2D eigenvalue weighted by Gasteiger charge is 2.11. The van der Waals surface area contributed by atoms with Crippen LogP contribution >= 0.6 is 0 Å². The molecule has 0 saturated carbocycles. The highest BCUT2D eigenvalue weighted by molar-refractivity contribution is 7.98. The van der Waals surface area contributed by atoms with Crippen molar-refractivity contribution in [1.82, 2.24) is 15.0 Å². The second-order valence-corrected chi connectivity index (χ2v) is 9.39. The Balaban J connectivity index is 1.65. The number of hydrogen-bond donors (Lipinski definition) is 3. The van der Waals surface area contributed by atoms with E-state index in [-0.39, 0.29) is 0 Å². The van der Waals surface area contributed by atoms with E-state index in [1.807, 2.05) is 55.5 Å². The molecule has 0 aliphatic rings. The number of anilines is 3. The minimum Gasteiger partial charge on any atom is -0.494 e. The van der Waals surface area contributed by atoms with Crippen molar-refractivity contribution >= 4 is 33.0 Å². The molecule has 0 aliphatic heterocycles. The summed E-state index contributed by atoms with van der Waals surface area (Å²) in [5.74, 6) is 5.36. The fourth-order valence-electron chi connectivity index (χ4n) is 3.28. The van der Waals surface area contributed by atoms with Crippen LogP contribution in [0.3, 0.4) is 0 Å². The quantitative estimate of drug-likeness (QED) is 0.311. The highest BCUT2D eigenvalue weighted by Crippen LogP contribution is 2.29. The number of pyridine rings is 1. The van der Waals surface area contributed by atoms with Crippen molar-refractivity contribution in [3.63, 3.8) is 0 Å². The fraction of sp³-hybridized carbons (Fsp3) is 0.120. The molecule has 0 fully saturated rings. The monoisotopic (exact) mass is 474 g/mol. The van der Waals surface area contributed by atoms with Crippen LogP contribution in [0.5, 0.6) is 5.75 Å². The third kappa shape index (κ3) is 5.89. The van der Waals surface area contributed by atoms with Crippen molar-refractivity contribution in [2.45, 2.75) is 18.4 Å². The molecule has 4 rings (SSSR count). The Morgan fingerprint density at radius 3 is 2.59 bits per heavy atom. The summed E-state index contributed by atoms with van der Waals surface area (Å²) in [4.78, 5) is 14.0. The second-order valence-electron chi connectivity index (χ2n) is 7.47. The lowest BCUT2D eigenvalue weighted by Gasteiger charge is -2.14. The summed E-state index contributed by atoms with van der Waals surface area (Å²) >= 11 is 0. The molecule has 4 N–H and O–H groups in total. The molecule has 0 bridgehead atoms. The SMILES string of the molecule is C=S(N)(=O)c1cccc(Nc2ncc(-c3ccc(OCC)cc3)c(NCc3ccccn3)n2)c1. The molecule has 9 heteroatoms. The molecule has 4 aromatic rings. The number of nitrogens with two attached hydrogens (primary N) is 1. The van der Waals surface area contributed by atoms with E-state index >= 15 is 0 Å². The predicted molar refractivity (Wildman–Crippen MR) is 138 cm³/mol. The first-order chi connectivity index (χ1) is 16.4. The van der Waals surface area contributed by atoms with Crippen molar-refractivity contribution in [2.75, 3.05) is 17.2 Å². The van der Waals surface area contributed by atoms with Crippen LogP contribution in [0, 0.1) is 0 Å². The largest absolute Gasteiger partial charge is 0.494 e. The van der Waals surface area contributed by atoms with Gasteiger partial charge in [0.25, 0.3) is 0 Å². The zero-order valence-corrected chi connectivity index (χ0v) is 19.6. The van der Waals surface area contributed by atoms with Gasteiger partial charge in [0.05, 0.1) is 28.6 Å². The van der Waals surface area contributed by atoms with Gasteiger partial charge in [-0.25, -0.2) is 9.19 Å². The van der Waals surface area contributed by atoms with Gasteiger partial charge in [-0.2, -0.15) is 4.98 Å². The van der Waals surface area contributed by atoms with Crippen molar-refractivity contribution in [3.05, 3.63) is 84.8 Å². The van der Waals surface area contributed by atoms with Crippen LogP contribution in [0.4, 0.5) is 17.5 Å². The molecule has 34 heavy (non-hydrogen) atoms. The molecule has 0 spiro atoms. The standard InChI is InChI=1S/C25H26N6O2S/c1-3-33-21-12-10-18(11-13-21)23-17-29-25(30-19-8-6-9-22(15-19)34(2,26)32)31-24(23)28-16-20-7-4-5-14-27-20/h4-15,17H,2-3,16H2,1H3,(H2,26,32)(H2,28,29,30,31). The number of hydrogen-bond acceptors (Lipinski definition) is 7. The number of nitrogens with one attached hydrogen (secondary N) is 2. The van der Waals surface area contributed by atoms with Crippen LogP contribution in [0.1, 0.15) is 12.6 Å². The van der Waals surface area contributed by atoms with Crippen molar-refractivity contribution in [1.29, 1.82) is 0 Å².